The lowest BCUT2D eigenvalue weighted by molar-refractivity contribution is 0.246. The molecule has 1 aliphatic rings. The topological polar surface area (TPSA) is 41.7 Å². The molecule has 0 N–H and O–H groups in total. The van der Waals surface area contributed by atoms with E-state index in [0.29, 0.717) is 0 Å². The summed E-state index contributed by atoms with van der Waals surface area (Å²) in [5.74, 6) is 1.87. The molecule has 1 aromatic heterocycles. The minimum absolute atomic E-state index is 0.917. The third kappa shape index (κ3) is 4.16. The van der Waals surface area contributed by atoms with Gasteiger partial charge in [-0.3, -0.25) is 9.80 Å². The highest BCUT2D eigenvalue weighted by molar-refractivity contribution is 5.27. The van der Waals surface area contributed by atoms with Gasteiger partial charge in [0, 0.05) is 31.7 Å². The maximum Gasteiger partial charge on any atom is 0.138 e. The Morgan fingerprint density at radius 2 is 1.67 bits per heavy atom. The Labute approximate surface area is 144 Å². The molecule has 1 saturated heterocycles. The number of aryl methyl sites for hydroxylation is 2. The van der Waals surface area contributed by atoms with E-state index in [1.807, 2.05) is 26.0 Å². The monoisotopic (exact) mass is 329 g/mol. The number of nitrogens with zero attached hydrogens (tertiary/aromatic N) is 3. The Morgan fingerprint density at radius 3 is 2.25 bits per heavy atom. The van der Waals surface area contributed by atoms with E-state index in [0.717, 1.165) is 56.5 Å². The van der Waals surface area contributed by atoms with E-state index < -0.39 is 0 Å². The molecular weight excluding hydrogens is 302 g/mol. The summed E-state index contributed by atoms with van der Waals surface area (Å²) in [6.07, 6.45) is 1.19. The van der Waals surface area contributed by atoms with Crippen molar-refractivity contribution in [3.05, 3.63) is 46.8 Å². The van der Waals surface area contributed by atoms with E-state index in [-0.39, 0.29) is 0 Å². The van der Waals surface area contributed by atoms with Gasteiger partial charge in [0.05, 0.1) is 12.8 Å². The van der Waals surface area contributed by atoms with Gasteiger partial charge in [0.15, 0.2) is 0 Å². The quantitative estimate of drug-likeness (QED) is 0.843. The summed E-state index contributed by atoms with van der Waals surface area (Å²) in [7, 11) is 1.71. The van der Waals surface area contributed by atoms with Crippen molar-refractivity contribution >= 4 is 0 Å². The summed E-state index contributed by atoms with van der Waals surface area (Å²) in [6, 6.07) is 8.39. The zero-order chi connectivity index (χ0) is 16.9. The Hall–Kier alpha value is -1.85. The average Bonchev–Trinajstić information content (AvgIpc) is 2.78. The van der Waals surface area contributed by atoms with Crippen LogP contribution in [0.15, 0.2) is 28.8 Å². The second-order valence-corrected chi connectivity index (χ2v) is 6.56. The van der Waals surface area contributed by atoms with Crippen molar-refractivity contribution in [1.82, 2.24) is 15.0 Å². The van der Waals surface area contributed by atoms with Gasteiger partial charge in [-0.05, 0) is 51.1 Å². The third-order valence-electron chi connectivity index (χ3n) is 4.81. The number of benzene rings is 1. The number of hydrogen-bond donors (Lipinski definition) is 0. The molecule has 5 heteroatoms. The van der Waals surface area contributed by atoms with Crippen molar-refractivity contribution < 1.29 is 9.26 Å². The molecule has 0 radical (unpaired) electrons. The lowest BCUT2D eigenvalue weighted by Crippen LogP contribution is -2.30. The number of aromatic nitrogens is 1. The first kappa shape index (κ1) is 17.0. The molecule has 0 amide bonds. The standard InChI is InChI=1S/C19H27N3O2/c1-15-19(16(2)24-20-15)14-22-10-4-9-21(11-12-22)13-17-5-7-18(23-3)8-6-17/h5-8H,4,9-14H2,1-3H3. The summed E-state index contributed by atoms with van der Waals surface area (Å²) in [5.41, 5.74) is 3.61. The average molecular weight is 329 g/mol. The van der Waals surface area contributed by atoms with Gasteiger partial charge in [0.1, 0.15) is 11.5 Å². The molecule has 0 saturated carbocycles. The highest BCUT2D eigenvalue weighted by Crippen LogP contribution is 2.18. The van der Waals surface area contributed by atoms with Crippen LogP contribution in [0.3, 0.4) is 0 Å². The Morgan fingerprint density at radius 1 is 1.00 bits per heavy atom. The maximum absolute atomic E-state index is 5.29. The van der Waals surface area contributed by atoms with Crippen LogP contribution in [-0.4, -0.2) is 48.2 Å². The molecule has 2 aromatic rings. The number of rotatable bonds is 5. The highest BCUT2D eigenvalue weighted by Gasteiger charge is 2.18. The molecule has 2 heterocycles. The van der Waals surface area contributed by atoms with Crippen LogP contribution in [0.25, 0.3) is 0 Å². The minimum Gasteiger partial charge on any atom is -0.497 e. The van der Waals surface area contributed by atoms with Crippen molar-refractivity contribution in [2.75, 3.05) is 33.3 Å². The largest absolute Gasteiger partial charge is 0.497 e. The molecule has 0 bridgehead atoms. The van der Waals surface area contributed by atoms with Crippen LogP contribution < -0.4 is 4.74 Å². The van der Waals surface area contributed by atoms with E-state index in [1.165, 1.54) is 17.5 Å². The molecule has 24 heavy (non-hydrogen) atoms. The first-order valence-electron chi connectivity index (χ1n) is 8.65. The van der Waals surface area contributed by atoms with Crippen LogP contribution >= 0.6 is 0 Å². The van der Waals surface area contributed by atoms with E-state index in [9.17, 15) is 0 Å². The highest BCUT2D eigenvalue weighted by atomic mass is 16.5. The van der Waals surface area contributed by atoms with Gasteiger partial charge in [-0.25, -0.2) is 0 Å². The van der Waals surface area contributed by atoms with Gasteiger partial charge in [0.2, 0.25) is 0 Å². The molecule has 0 spiro atoms. The summed E-state index contributed by atoms with van der Waals surface area (Å²) < 4.78 is 10.5. The van der Waals surface area contributed by atoms with Crippen LogP contribution in [0.5, 0.6) is 5.75 Å². The molecule has 1 aromatic carbocycles. The van der Waals surface area contributed by atoms with Crippen LogP contribution in [0.4, 0.5) is 0 Å². The lowest BCUT2D eigenvalue weighted by Gasteiger charge is -2.22. The summed E-state index contributed by atoms with van der Waals surface area (Å²) in [6.45, 7) is 10.4. The predicted molar refractivity (Wildman–Crippen MR) is 94.1 cm³/mol. The Kier molecular flexibility index (Phi) is 5.53. The minimum atomic E-state index is 0.917. The molecule has 1 aliphatic heterocycles. The normalized spacial score (nSPS) is 17.0. The third-order valence-corrected chi connectivity index (χ3v) is 4.81. The zero-order valence-corrected chi connectivity index (χ0v) is 14.9. The predicted octanol–water partition coefficient (Wildman–Crippen LogP) is 3.01. The Balaban J connectivity index is 1.54. The maximum atomic E-state index is 5.29. The fraction of sp³-hybridized carbons (Fsp3) is 0.526. The molecule has 130 valence electrons. The van der Waals surface area contributed by atoms with Gasteiger partial charge in [0.25, 0.3) is 0 Å². The van der Waals surface area contributed by atoms with E-state index in [2.05, 4.69) is 27.1 Å². The van der Waals surface area contributed by atoms with Crippen molar-refractivity contribution in [3.8, 4) is 5.75 Å². The van der Waals surface area contributed by atoms with Crippen molar-refractivity contribution in [3.63, 3.8) is 0 Å². The van der Waals surface area contributed by atoms with Gasteiger partial charge >= 0.3 is 0 Å². The number of ether oxygens (including phenoxy) is 1. The molecule has 5 nitrogen and oxygen atoms in total. The van der Waals surface area contributed by atoms with Crippen molar-refractivity contribution in [2.45, 2.75) is 33.4 Å². The molecule has 0 unspecified atom stereocenters. The molecule has 3 rings (SSSR count). The van der Waals surface area contributed by atoms with Gasteiger partial charge in [-0.2, -0.15) is 0 Å². The number of methoxy groups -OCH3 is 1. The molecule has 0 atom stereocenters. The summed E-state index contributed by atoms with van der Waals surface area (Å²) in [5, 5.41) is 4.07. The second kappa shape index (κ2) is 7.81. The lowest BCUT2D eigenvalue weighted by atomic mass is 10.2. The van der Waals surface area contributed by atoms with Crippen molar-refractivity contribution in [2.24, 2.45) is 0 Å². The van der Waals surface area contributed by atoms with Crippen LogP contribution in [0, 0.1) is 13.8 Å². The fourth-order valence-corrected chi connectivity index (χ4v) is 3.28. The molecular formula is C19H27N3O2. The SMILES string of the molecule is COc1ccc(CN2CCCN(Cc3c(C)noc3C)CC2)cc1. The van der Waals surface area contributed by atoms with Gasteiger partial charge in [-0.1, -0.05) is 17.3 Å². The van der Waals surface area contributed by atoms with Crippen LogP contribution in [-0.2, 0) is 13.1 Å². The van der Waals surface area contributed by atoms with Gasteiger partial charge < -0.3 is 9.26 Å². The van der Waals surface area contributed by atoms with E-state index in [1.54, 1.807) is 7.11 Å². The second-order valence-electron chi connectivity index (χ2n) is 6.56. The first-order valence-corrected chi connectivity index (χ1v) is 8.65. The van der Waals surface area contributed by atoms with E-state index in [4.69, 9.17) is 9.26 Å². The van der Waals surface area contributed by atoms with Crippen molar-refractivity contribution in [1.29, 1.82) is 0 Å². The molecule has 0 aliphatic carbocycles. The van der Waals surface area contributed by atoms with Crippen LogP contribution in [0.2, 0.25) is 0 Å². The molecule has 1 fully saturated rings. The summed E-state index contributed by atoms with van der Waals surface area (Å²) >= 11 is 0. The first-order chi connectivity index (χ1) is 11.7. The van der Waals surface area contributed by atoms with Crippen LogP contribution in [0.1, 0.15) is 29.0 Å². The fourth-order valence-electron chi connectivity index (χ4n) is 3.28. The van der Waals surface area contributed by atoms with E-state index >= 15 is 0 Å². The summed E-state index contributed by atoms with van der Waals surface area (Å²) in [4.78, 5) is 5.05. The van der Waals surface area contributed by atoms with Gasteiger partial charge in [-0.15, -0.1) is 0 Å². The Bertz CT molecular complexity index is 632. The number of hydrogen-bond acceptors (Lipinski definition) is 5. The smallest absolute Gasteiger partial charge is 0.138 e. The zero-order valence-electron chi connectivity index (χ0n) is 14.9.